The maximum atomic E-state index is 13.7. The fraction of sp³-hybridized carbons (Fsp3) is 0.500. The fourth-order valence-electron chi connectivity index (χ4n) is 2.58. The van der Waals surface area contributed by atoms with Crippen LogP contribution in [0.1, 0.15) is 36.0 Å². The largest absolute Gasteiger partial charge is 0.335 e. The van der Waals surface area contributed by atoms with E-state index in [-0.39, 0.29) is 6.04 Å². The van der Waals surface area contributed by atoms with Crippen LogP contribution in [0.2, 0.25) is 0 Å². The Morgan fingerprint density at radius 1 is 1.25 bits per heavy atom. The molecule has 1 fully saturated rings. The third kappa shape index (κ3) is 3.16. The summed E-state index contributed by atoms with van der Waals surface area (Å²) in [6.07, 6.45) is 3.36. The summed E-state index contributed by atoms with van der Waals surface area (Å²) in [5.74, 6) is -4.00. The van der Waals surface area contributed by atoms with Gasteiger partial charge in [-0.2, -0.15) is 0 Å². The quantitative estimate of drug-likeness (QED) is 0.758. The third-order valence-electron chi connectivity index (χ3n) is 3.55. The fourth-order valence-corrected chi connectivity index (χ4v) is 3.11. The highest BCUT2D eigenvalue weighted by Crippen LogP contribution is 2.25. The molecule has 1 aromatic carbocycles. The molecule has 2 rings (SSSR count). The molecule has 1 saturated heterocycles. The topological polar surface area (TPSA) is 20.3 Å². The lowest BCUT2D eigenvalue weighted by Crippen LogP contribution is -2.44. The van der Waals surface area contributed by atoms with Crippen LogP contribution < -0.4 is 0 Å². The van der Waals surface area contributed by atoms with Gasteiger partial charge in [0.25, 0.3) is 5.91 Å². The smallest absolute Gasteiger partial charge is 0.260 e. The Labute approximate surface area is 124 Å². The molecule has 1 heterocycles. The van der Waals surface area contributed by atoms with Crippen molar-refractivity contribution in [2.24, 2.45) is 0 Å². The van der Waals surface area contributed by atoms with Gasteiger partial charge < -0.3 is 4.90 Å². The number of halogens is 4. The molecule has 2 nitrogen and oxygen atoms in total. The molecule has 1 aromatic rings. The second kappa shape index (κ2) is 6.61. The Balaban J connectivity index is 2.30. The number of benzene rings is 1. The van der Waals surface area contributed by atoms with Crippen LogP contribution >= 0.6 is 15.9 Å². The first-order valence-electron chi connectivity index (χ1n) is 6.56. The molecule has 0 radical (unpaired) electrons. The average Bonchev–Trinajstić information content (AvgIpc) is 2.38. The van der Waals surface area contributed by atoms with Crippen molar-refractivity contribution in [2.75, 3.05) is 11.9 Å². The molecular weight excluding hydrogens is 335 g/mol. The number of amides is 1. The standard InChI is InChI=1S/C14H15BrF3NO/c15-5-4-10-3-1-2-6-19(10)14(20)13-11(17)7-9(16)8-12(13)18/h7-8,10H,1-6H2. The molecule has 0 aliphatic carbocycles. The molecule has 0 aromatic heterocycles. The summed E-state index contributed by atoms with van der Waals surface area (Å²) in [6.45, 7) is 0.479. The van der Waals surface area contributed by atoms with E-state index >= 15 is 0 Å². The zero-order chi connectivity index (χ0) is 14.7. The lowest BCUT2D eigenvalue weighted by atomic mass is 9.98. The van der Waals surface area contributed by atoms with Gasteiger partial charge in [-0.1, -0.05) is 15.9 Å². The molecule has 1 amide bonds. The van der Waals surface area contributed by atoms with E-state index in [0.29, 0.717) is 18.7 Å². The summed E-state index contributed by atoms with van der Waals surface area (Å²) >= 11 is 3.32. The number of rotatable bonds is 3. The number of hydrogen-bond acceptors (Lipinski definition) is 1. The Bertz CT molecular complexity index is 484. The highest BCUT2D eigenvalue weighted by atomic mass is 79.9. The molecule has 1 aliphatic heterocycles. The van der Waals surface area contributed by atoms with Crippen molar-refractivity contribution >= 4 is 21.8 Å². The molecule has 0 spiro atoms. The highest BCUT2D eigenvalue weighted by molar-refractivity contribution is 9.09. The van der Waals surface area contributed by atoms with Crippen LogP contribution in [0.15, 0.2) is 12.1 Å². The second-order valence-corrected chi connectivity index (χ2v) is 5.66. The van der Waals surface area contributed by atoms with Gasteiger partial charge in [0, 0.05) is 30.0 Å². The van der Waals surface area contributed by atoms with Gasteiger partial charge in [0.1, 0.15) is 23.0 Å². The summed E-state index contributed by atoms with van der Waals surface area (Å²) in [6, 6.07) is 1.05. The number of piperidine rings is 1. The number of nitrogens with zero attached hydrogens (tertiary/aromatic N) is 1. The zero-order valence-electron chi connectivity index (χ0n) is 10.8. The molecule has 110 valence electrons. The first-order valence-corrected chi connectivity index (χ1v) is 7.68. The van der Waals surface area contributed by atoms with Gasteiger partial charge in [-0.3, -0.25) is 4.79 Å². The van der Waals surface area contributed by atoms with E-state index in [2.05, 4.69) is 15.9 Å². The molecule has 1 atom stereocenters. The Kier molecular flexibility index (Phi) is 5.07. The van der Waals surface area contributed by atoms with Gasteiger partial charge in [-0.25, -0.2) is 13.2 Å². The van der Waals surface area contributed by atoms with Gasteiger partial charge in [-0.15, -0.1) is 0 Å². The molecule has 6 heteroatoms. The molecule has 0 N–H and O–H groups in total. The number of alkyl halides is 1. The Hall–Kier alpha value is -1.04. The predicted molar refractivity (Wildman–Crippen MR) is 73.4 cm³/mol. The third-order valence-corrected chi connectivity index (χ3v) is 4.01. The van der Waals surface area contributed by atoms with E-state index in [1.165, 1.54) is 4.90 Å². The molecule has 1 unspecified atom stereocenters. The first-order chi connectivity index (χ1) is 9.54. The first kappa shape index (κ1) is 15.4. The Morgan fingerprint density at radius 2 is 1.90 bits per heavy atom. The number of hydrogen-bond donors (Lipinski definition) is 0. The predicted octanol–water partition coefficient (Wildman–Crippen LogP) is 3.88. The maximum Gasteiger partial charge on any atom is 0.260 e. The van der Waals surface area contributed by atoms with Crippen molar-refractivity contribution in [3.8, 4) is 0 Å². The normalized spacial score (nSPS) is 19.2. The van der Waals surface area contributed by atoms with E-state index in [1.807, 2.05) is 0 Å². The van der Waals surface area contributed by atoms with Crippen LogP contribution in [0.4, 0.5) is 13.2 Å². The van der Waals surface area contributed by atoms with Crippen LogP contribution in [0, 0.1) is 17.5 Å². The minimum absolute atomic E-state index is 0.0283. The van der Waals surface area contributed by atoms with Gasteiger partial charge in [0.2, 0.25) is 0 Å². The summed E-state index contributed by atoms with van der Waals surface area (Å²) in [5, 5.41) is 0.718. The SMILES string of the molecule is O=C(c1c(F)cc(F)cc1F)N1CCCCC1CCBr. The number of carbonyl (C=O) groups excluding carboxylic acids is 1. The van der Waals surface area contributed by atoms with Crippen molar-refractivity contribution in [3.05, 3.63) is 35.1 Å². The average molecular weight is 350 g/mol. The maximum absolute atomic E-state index is 13.7. The van der Waals surface area contributed by atoms with E-state index in [0.717, 1.165) is 31.0 Å². The highest BCUT2D eigenvalue weighted by Gasteiger charge is 2.30. The van der Waals surface area contributed by atoms with Crippen molar-refractivity contribution in [3.63, 3.8) is 0 Å². The van der Waals surface area contributed by atoms with Crippen LogP contribution in [-0.4, -0.2) is 28.7 Å². The molecule has 20 heavy (non-hydrogen) atoms. The van der Waals surface area contributed by atoms with Crippen LogP contribution in [0.5, 0.6) is 0 Å². The zero-order valence-corrected chi connectivity index (χ0v) is 12.4. The monoisotopic (exact) mass is 349 g/mol. The minimum atomic E-state index is -1.14. The van der Waals surface area contributed by atoms with Gasteiger partial charge in [0.15, 0.2) is 0 Å². The number of likely N-dealkylation sites (tertiary alicyclic amines) is 1. The summed E-state index contributed by atoms with van der Waals surface area (Å²) in [7, 11) is 0. The number of carbonyl (C=O) groups is 1. The molecule has 1 aliphatic rings. The lowest BCUT2D eigenvalue weighted by molar-refractivity contribution is 0.0600. The van der Waals surface area contributed by atoms with Gasteiger partial charge >= 0.3 is 0 Å². The van der Waals surface area contributed by atoms with E-state index in [4.69, 9.17) is 0 Å². The van der Waals surface area contributed by atoms with Crippen molar-refractivity contribution in [1.29, 1.82) is 0 Å². The summed E-state index contributed by atoms with van der Waals surface area (Å²) in [4.78, 5) is 13.9. The van der Waals surface area contributed by atoms with Gasteiger partial charge in [-0.05, 0) is 25.7 Å². The molecule has 0 saturated carbocycles. The van der Waals surface area contributed by atoms with Crippen molar-refractivity contribution in [1.82, 2.24) is 4.90 Å². The van der Waals surface area contributed by atoms with Crippen molar-refractivity contribution < 1.29 is 18.0 Å². The molecule has 0 bridgehead atoms. The Morgan fingerprint density at radius 3 is 2.50 bits per heavy atom. The minimum Gasteiger partial charge on any atom is -0.335 e. The van der Waals surface area contributed by atoms with E-state index in [9.17, 15) is 18.0 Å². The summed E-state index contributed by atoms with van der Waals surface area (Å²) < 4.78 is 40.3. The second-order valence-electron chi connectivity index (χ2n) is 4.87. The lowest BCUT2D eigenvalue weighted by Gasteiger charge is -2.35. The van der Waals surface area contributed by atoms with Crippen molar-refractivity contribution in [2.45, 2.75) is 31.7 Å². The van der Waals surface area contributed by atoms with Crippen LogP contribution in [0.25, 0.3) is 0 Å². The van der Waals surface area contributed by atoms with E-state index in [1.54, 1.807) is 0 Å². The van der Waals surface area contributed by atoms with Crippen LogP contribution in [0.3, 0.4) is 0 Å². The van der Waals surface area contributed by atoms with Crippen LogP contribution in [-0.2, 0) is 0 Å². The molecular formula is C14H15BrF3NO. The van der Waals surface area contributed by atoms with E-state index < -0.39 is 28.9 Å². The van der Waals surface area contributed by atoms with Gasteiger partial charge in [0.05, 0.1) is 0 Å². The summed E-state index contributed by atoms with van der Waals surface area (Å²) in [5.41, 5.74) is -0.659.